The number of phenols is 1. The van der Waals surface area contributed by atoms with E-state index in [1.807, 2.05) is 0 Å². The molecule has 5 nitrogen and oxygen atoms in total. The number of Topliss-reactive ketones (excluding diaryl/α,β-unsaturated/α-hetero) is 1. The molecule has 0 amide bonds. The fourth-order valence-corrected chi connectivity index (χ4v) is 4.01. The van der Waals surface area contributed by atoms with E-state index >= 15 is 0 Å². The van der Waals surface area contributed by atoms with Gasteiger partial charge in [0, 0.05) is 37.8 Å². The summed E-state index contributed by atoms with van der Waals surface area (Å²) in [6.07, 6.45) is 2.26. The van der Waals surface area contributed by atoms with Gasteiger partial charge in [-0.2, -0.15) is 0 Å². The molecule has 31 heavy (non-hydrogen) atoms. The van der Waals surface area contributed by atoms with Crippen molar-refractivity contribution in [3.8, 4) is 11.5 Å². The molecule has 2 aromatic carbocycles. The van der Waals surface area contributed by atoms with Gasteiger partial charge >= 0.3 is 0 Å². The molecule has 1 atom stereocenters. The normalized spacial score (nSPS) is 18.6. The van der Waals surface area contributed by atoms with Crippen LogP contribution in [0.1, 0.15) is 54.6 Å². The van der Waals surface area contributed by atoms with Crippen molar-refractivity contribution in [2.45, 2.75) is 53.1 Å². The quantitative estimate of drug-likeness (QED) is 0.675. The van der Waals surface area contributed by atoms with Gasteiger partial charge in [-0.3, -0.25) is 4.79 Å². The fourth-order valence-electron chi connectivity index (χ4n) is 4.01. The van der Waals surface area contributed by atoms with Crippen molar-refractivity contribution in [2.75, 3.05) is 25.1 Å². The average molecular weight is 426 g/mol. The molecular weight excluding hydrogens is 390 g/mol. The van der Waals surface area contributed by atoms with Gasteiger partial charge in [-0.25, -0.2) is 0 Å². The van der Waals surface area contributed by atoms with Crippen LogP contribution in [-0.4, -0.2) is 36.8 Å². The molecule has 2 aliphatic heterocycles. The van der Waals surface area contributed by atoms with Crippen LogP contribution in [0, 0.1) is 25.7 Å². The number of ketones is 1. The van der Waals surface area contributed by atoms with Gasteiger partial charge in [-0.15, -0.1) is 0 Å². The third-order valence-electron chi connectivity index (χ3n) is 5.80. The molecule has 1 unspecified atom stereocenters. The molecule has 0 spiro atoms. The number of carbonyl (C=O) groups is 1. The first-order valence-electron chi connectivity index (χ1n) is 11.2. The number of ether oxygens (including phenoxy) is 2. The SMILES string of the molecule is Cc1ccc(NCC(C)C)c(C)c1.O=C1CC(C2CCOCC2)Oc2ccc(O)cc21. The number of hydrogen-bond acceptors (Lipinski definition) is 5. The van der Waals surface area contributed by atoms with Crippen molar-refractivity contribution in [2.24, 2.45) is 11.8 Å². The van der Waals surface area contributed by atoms with E-state index in [9.17, 15) is 9.90 Å². The van der Waals surface area contributed by atoms with Crippen LogP contribution in [0.4, 0.5) is 5.69 Å². The van der Waals surface area contributed by atoms with Crippen LogP contribution in [-0.2, 0) is 4.74 Å². The maximum Gasteiger partial charge on any atom is 0.170 e. The Hall–Kier alpha value is -2.53. The van der Waals surface area contributed by atoms with Crippen molar-refractivity contribution in [1.29, 1.82) is 0 Å². The van der Waals surface area contributed by atoms with Gasteiger partial charge in [0.25, 0.3) is 0 Å². The second-order valence-corrected chi connectivity index (χ2v) is 9.01. The number of benzene rings is 2. The minimum absolute atomic E-state index is 0.0431. The third-order valence-corrected chi connectivity index (χ3v) is 5.80. The van der Waals surface area contributed by atoms with Gasteiger partial charge in [0.1, 0.15) is 17.6 Å². The standard InChI is InChI=1S/C14H16O4.C12H19N/c15-10-1-2-13-11(7-10)12(16)8-14(18-13)9-3-5-17-6-4-9;1-9(2)8-13-12-6-5-10(3)7-11(12)4/h1-2,7,9,14-15H,3-6,8H2;5-7,9,13H,8H2,1-4H3. The molecule has 4 rings (SSSR count). The van der Waals surface area contributed by atoms with Crippen LogP contribution >= 0.6 is 0 Å². The lowest BCUT2D eigenvalue weighted by molar-refractivity contribution is 0.0119. The lowest BCUT2D eigenvalue weighted by Crippen LogP contribution is -2.36. The number of phenolic OH excluding ortho intramolecular Hbond substituents is 1. The van der Waals surface area contributed by atoms with Crippen LogP contribution in [0.15, 0.2) is 36.4 Å². The summed E-state index contributed by atoms with van der Waals surface area (Å²) in [4.78, 5) is 12.1. The van der Waals surface area contributed by atoms with Crippen molar-refractivity contribution >= 4 is 11.5 Å². The van der Waals surface area contributed by atoms with Crippen LogP contribution in [0.5, 0.6) is 11.5 Å². The van der Waals surface area contributed by atoms with E-state index < -0.39 is 0 Å². The Bertz CT molecular complexity index is 887. The van der Waals surface area contributed by atoms with Crippen LogP contribution in [0.2, 0.25) is 0 Å². The number of rotatable bonds is 4. The van der Waals surface area contributed by atoms with Gasteiger partial charge in [0.15, 0.2) is 5.78 Å². The van der Waals surface area contributed by atoms with Gasteiger partial charge < -0.3 is 19.9 Å². The number of hydrogen-bond donors (Lipinski definition) is 2. The van der Waals surface area contributed by atoms with E-state index in [1.165, 1.54) is 22.9 Å². The molecule has 2 aromatic rings. The number of anilines is 1. The molecule has 2 heterocycles. The average Bonchev–Trinajstić information content (AvgIpc) is 2.74. The largest absolute Gasteiger partial charge is 0.508 e. The van der Waals surface area contributed by atoms with Crippen LogP contribution < -0.4 is 10.1 Å². The first kappa shape index (κ1) is 23.1. The Morgan fingerprint density at radius 3 is 2.52 bits per heavy atom. The Morgan fingerprint density at radius 1 is 1.10 bits per heavy atom. The topological polar surface area (TPSA) is 67.8 Å². The van der Waals surface area contributed by atoms with Crippen LogP contribution in [0.25, 0.3) is 0 Å². The molecule has 1 saturated heterocycles. The maximum atomic E-state index is 12.1. The second-order valence-electron chi connectivity index (χ2n) is 9.01. The summed E-state index contributed by atoms with van der Waals surface area (Å²) < 4.78 is 11.2. The number of aromatic hydroxyl groups is 1. The number of fused-ring (bicyclic) bond motifs is 1. The Kier molecular flexibility index (Phi) is 7.97. The third kappa shape index (κ3) is 6.47. The monoisotopic (exact) mass is 425 g/mol. The van der Waals surface area contributed by atoms with Crippen molar-refractivity contribution in [3.63, 3.8) is 0 Å². The predicted molar refractivity (Wildman–Crippen MR) is 124 cm³/mol. The maximum absolute atomic E-state index is 12.1. The zero-order valence-corrected chi connectivity index (χ0v) is 19.1. The minimum atomic E-state index is -0.0431. The number of carbonyl (C=O) groups excluding carboxylic acids is 1. The smallest absolute Gasteiger partial charge is 0.170 e. The Balaban J connectivity index is 0.000000187. The molecule has 0 bridgehead atoms. The highest BCUT2D eigenvalue weighted by molar-refractivity contribution is 6.00. The molecule has 0 aromatic heterocycles. The van der Waals surface area contributed by atoms with E-state index in [-0.39, 0.29) is 17.6 Å². The number of aryl methyl sites for hydroxylation is 2. The highest BCUT2D eigenvalue weighted by Crippen LogP contribution is 2.35. The van der Waals surface area contributed by atoms with E-state index in [2.05, 4.69) is 51.2 Å². The summed E-state index contributed by atoms with van der Waals surface area (Å²) >= 11 is 0. The van der Waals surface area contributed by atoms with Crippen molar-refractivity contribution in [1.82, 2.24) is 0 Å². The molecule has 0 saturated carbocycles. The molecule has 0 radical (unpaired) electrons. The van der Waals surface area contributed by atoms with Crippen LogP contribution in [0.3, 0.4) is 0 Å². The second kappa shape index (κ2) is 10.7. The van der Waals surface area contributed by atoms with E-state index in [1.54, 1.807) is 12.1 Å². The first-order chi connectivity index (χ1) is 14.8. The zero-order valence-electron chi connectivity index (χ0n) is 19.1. The summed E-state index contributed by atoms with van der Waals surface area (Å²) in [5.41, 5.74) is 4.42. The van der Waals surface area contributed by atoms with E-state index in [4.69, 9.17) is 9.47 Å². The van der Waals surface area contributed by atoms with Gasteiger partial charge in [-0.1, -0.05) is 31.5 Å². The minimum Gasteiger partial charge on any atom is -0.508 e. The highest BCUT2D eigenvalue weighted by atomic mass is 16.5. The Labute approximate surface area is 185 Å². The molecule has 0 aliphatic carbocycles. The lowest BCUT2D eigenvalue weighted by atomic mass is 9.87. The predicted octanol–water partition coefficient (Wildman–Crippen LogP) is 5.52. The fraction of sp³-hybridized carbons (Fsp3) is 0.500. The summed E-state index contributed by atoms with van der Waals surface area (Å²) in [5.74, 6) is 1.85. The van der Waals surface area contributed by atoms with Crippen molar-refractivity contribution < 1.29 is 19.4 Å². The van der Waals surface area contributed by atoms with Crippen molar-refractivity contribution in [3.05, 3.63) is 53.1 Å². The summed E-state index contributed by atoms with van der Waals surface area (Å²) in [6.45, 7) is 11.3. The molecule has 5 heteroatoms. The Morgan fingerprint density at radius 2 is 1.84 bits per heavy atom. The molecule has 2 aliphatic rings. The van der Waals surface area contributed by atoms with Gasteiger partial charge in [0.2, 0.25) is 0 Å². The molecular formula is C26H35NO4. The number of nitrogens with one attached hydrogen (secondary N) is 1. The van der Waals surface area contributed by atoms with E-state index in [0.29, 0.717) is 29.6 Å². The molecule has 168 valence electrons. The lowest BCUT2D eigenvalue weighted by Gasteiger charge is -2.33. The molecule has 2 N–H and O–H groups in total. The molecule has 1 fully saturated rings. The van der Waals surface area contributed by atoms with E-state index in [0.717, 1.165) is 32.6 Å². The first-order valence-corrected chi connectivity index (χ1v) is 11.2. The summed E-state index contributed by atoms with van der Waals surface area (Å²) in [5, 5.41) is 12.8. The summed E-state index contributed by atoms with van der Waals surface area (Å²) in [6, 6.07) is 11.2. The highest BCUT2D eigenvalue weighted by Gasteiger charge is 2.33. The van der Waals surface area contributed by atoms with Gasteiger partial charge in [-0.05, 0) is 62.4 Å². The van der Waals surface area contributed by atoms with Gasteiger partial charge in [0.05, 0.1) is 5.56 Å². The summed E-state index contributed by atoms with van der Waals surface area (Å²) in [7, 11) is 0. The zero-order chi connectivity index (χ0) is 22.4.